The van der Waals surface area contributed by atoms with Gasteiger partial charge in [0.05, 0.1) is 18.2 Å². The minimum Gasteiger partial charge on any atom is -0.464 e. The maximum absolute atomic E-state index is 13.2. The number of esters is 2. The summed E-state index contributed by atoms with van der Waals surface area (Å²) in [6, 6.07) is 19.0. The molecule has 2 aromatic rings. The van der Waals surface area contributed by atoms with Crippen molar-refractivity contribution in [2.45, 2.75) is 65.5 Å². The molecule has 5 nitrogen and oxygen atoms in total. The molecule has 0 bridgehead atoms. The van der Waals surface area contributed by atoms with Crippen LogP contribution in [0, 0.1) is 29.6 Å². The van der Waals surface area contributed by atoms with Crippen molar-refractivity contribution in [3.63, 3.8) is 0 Å². The standard InChI is InChI=1S/C31H39NO4/c1-5-35-31(34)29(32-28(22-12-8-6-9-13-22)23-14-10-7-11-15-23)25-19-26(25)30(33)36-27-18-21(4)16-17-24(27)20(2)3/h6-15,20-21,24-27,29H,5,16-19H2,1-4H3/t21-,24+,25+,26+,27-,29+/m1/s1. The zero-order chi connectivity index (χ0) is 25.7. The minimum absolute atomic E-state index is 0.0451. The van der Waals surface area contributed by atoms with Crippen molar-refractivity contribution in [1.29, 1.82) is 0 Å². The topological polar surface area (TPSA) is 65.0 Å². The smallest absolute Gasteiger partial charge is 0.331 e. The SMILES string of the molecule is CCOC(=O)[C@@H](N=C(c1ccccc1)c1ccccc1)[C@H]1C[C@@H]1C(=O)O[C@@H]1C[C@H](C)CC[C@H]1C(C)C. The second kappa shape index (κ2) is 11.9. The molecule has 2 aromatic carbocycles. The van der Waals surface area contributed by atoms with Gasteiger partial charge in [-0.2, -0.15) is 0 Å². The Morgan fingerprint density at radius 3 is 2.08 bits per heavy atom. The fraction of sp³-hybridized carbons (Fsp3) is 0.516. The Labute approximate surface area is 215 Å². The molecule has 2 aliphatic carbocycles. The summed E-state index contributed by atoms with van der Waals surface area (Å²) >= 11 is 0. The molecule has 5 heteroatoms. The van der Waals surface area contributed by atoms with E-state index in [0.29, 0.717) is 24.2 Å². The highest BCUT2D eigenvalue weighted by Gasteiger charge is 2.53. The normalized spacial score (nSPS) is 26.1. The van der Waals surface area contributed by atoms with Crippen molar-refractivity contribution in [2.75, 3.05) is 6.61 Å². The van der Waals surface area contributed by atoms with Crippen LogP contribution in [0.1, 0.15) is 64.5 Å². The average molecular weight is 490 g/mol. The van der Waals surface area contributed by atoms with Crippen LogP contribution in [0.5, 0.6) is 0 Å². The number of hydrogen-bond acceptors (Lipinski definition) is 5. The zero-order valence-electron chi connectivity index (χ0n) is 21.9. The lowest BCUT2D eigenvalue weighted by Gasteiger charge is -2.36. The molecule has 2 saturated carbocycles. The highest BCUT2D eigenvalue weighted by molar-refractivity contribution is 6.13. The maximum Gasteiger partial charge on any atom is 0.331 e. The highest BCUT2D eigenvalue weighted by Crippen LogP contribution is 2.45. The van der Waals surface area contributed by atoms with Gasteiger partial charge in [0.2, 0.25) is 0 Å². The van der Waals surface area contributed by atoms with E-state index in [2.05, 4.69) is 20.8 Å². The van der Waals surface area contributed by atoms with Crippen molar-refractivity contribution in [3.8, 4) is 0 Å². The zero-order valence-corrected chi connectivity index (χ0v) is 21.9. The molecule has 0 heterocycles. The summed E-state index contributed by atoms with van der Waals surface area (Å²) in [6.45, 7) is 8.72. The van der Waals surface area contributed by atoms with E-state index in [1.165, 1.54) is 6.42 Å². The van der Waals surface area contributed by atoms with Crippen LogP contribution in [0.2, 0.25) is 0 Å². The number of rotatable bonds is 9. The maximum atomic E-state index is 13.2. The van der Waals surface area contributed by atoms with Gasteiger partial charge in [-0.3, -0.25) is 9.79 Å². The molecule has 0 unspecified atom stereocenters. The number of aliphatic imine (C=N–C) groups is 1. The van der Waals surface area contributed by atoms with Gasteiger partial charge in [0.1, 0.15) is 6.10 Å². The highest BCUT2D eigenvalue weighted by atomic mass is 16.5. The van der Waals surface area contributed by atoms with Crippen LogP contribution in [0.4, 0.5) is 0 Å². The molecule has 0 radical (unpaired) electrons. The number of hydrogen-bond donors (Lipinski definition) is 0. The number of benzene rings is 2. The molecule has 0 aromatic heterocycles. The van der Waals surface area contributed by atoms with Crippen LogP contribution in [-0.4, -0.2) is 36.4 Å². The Kier molecular flexibility index (Phi) is 8.60. The van der Waals surface area contributed by atoms with Crippen molar-refractivity contribution in [2.24, 2.45) is 34.6 Å². The molecule has 0 aliphatic heterocycles. The van der Waals surface area contributed by atoms with Crippen molar-refractivity contribution in [3.05, 3.63) is 71.8 Å². The molecular formula is C31H39NO4. The van der Waals surface area contributed by atoms with E-state index in [1.807, 2.05) is 60.7 Å². The molecule has 2 aliphatic rings. The van der Waals surface area contributed by atoms with Crippen LogP contribution >= 0.6 is 0 Å². The molecule has 2 fully saturated rings. The number of carbonyl (C=O) groups excluding carboxylic acids is 2. The first-order chi connectivity index (χ1) is 17.4. The van der Waals surface area contributed by atoms with Gasteiger partial charge < -0.3 is 9.47 Å². The largest absolute Gasteiger partial charge is 0.464 e. The van der Waals surface area contributed by atoms with Gasteiger partial charge in [-0.15, -0.1) is 0 Å². The Bertz CT molecular complexity index is 1010. The molecular weight excluding hydrogens is 450 g/mol. The first-order valence-corrected chi connectivity index (χ1v) is 13.4. The molecule has 6 atom stereocenters. The summed E-state index contributed by atoms with van der Waals surface area (Å²) < 4.78 is 11.5. The van der Waals surface area contributed by atoms with E-state index in [0.717, 1.165) is 29.7 Å². The lowest BCUT2D eigenvalue weighted by atomic mass is 9.75. The van der Waals surface area contributed by atoms with Gasteiger partial charge in [-0.1, -0.05) is 87.9 Å². The third-order valence-electron chi connectivity index (χ3n) is 7.67. The molecule has 192 valence electrons. The van der Waals surface area contributed by atoms with Crippen molar-refractivity contribution in [1.82, 2.24) is 0 Å². The lowest BCUT2D eigenvalue weighted by Crippen LogP contribution is -2.36. The number of ether oxygens (including phenoxy) is 2. The molecule has 0 spiro atoms. The Balaban J connectivity index is 1.57. The minimum atomic E-state index is -0.746. The van der Waals surface area contributed by atoms with E-state index in [4.69, 9.17) is 14.5 Å². The predicted molar refractivity (Wildman–Crippen MR) is 142 cm³/mol. The van der Waals surface area contributed by atoms with Crippen molar-refractivity contribution >= 4 is 17.7 Å². The molecule has 0 N–H and O–H groups in total. The van der Waals surface area contributed by atoms with E-state index in [1.54, 1.807) is 6.92 Å². The Hall–Kier alpha value is -2.95. The van der Waals surface area contributed by atoms with Crippen molar-refractivity contribution < 1.29 is 19.1 Å². The summed E-state index contributed by atoms with van der Waals surface area (Å²) in [5.41, 5.74) is 2.58. The van der Waals surface area contributed by atoms with Crippen LogP contribution in [0.25, 0.3) is 0 Å². The summed E-state index contributed by atoms with van der Waals surface area (Å²) in [5.74, 6) is 0.330. The molecule has 0 amide bonds. The van der Waals surface area contributed by atoms with E-state index in [9.17, 15) is 9.59 Å². The van der Waals surface area contributed by atoms with Gasteiger partial charge in [0, 0.05) is 17.0 Å². The third-order valence-corrected chi connectivity index (χ3v) is 7.67. The monoisotopic (exact) mass is 489 g/mol. The lowest BCUT2D eigenvalue weighted by molar-refractivity contribution is -0.158. The Morgan fingerprint density at radius 2 is 1.53 bits per heavy atom. The second-order valence-electron chi connectivity index (χ2n) is 10.7. The fourth-order valence-corrected chi connectivity index (χ4v) is 5.52. The summed E-state index contributed by atoms with van der Waals surface area (Å²) in [7, 11) is 0. The molecule has 4 rings (SSSR count). The van der Waals surface area contributed by atoms with Crippen LogP contribution in [0.15, 0.2) is 65.7 Å². The van der Waals surface area contributed by atoms with Crippen LogP contribution < -0.4 is 0 Å². The van der Waals surface area contributed by atoms with Crippen LogP contribution in [0.3, 0.4) is 0 Å². The fourth-order valence-electron chi connectivity index (χ4n) is 5.52. The molecule has 0 saturated heterocycles. The van der Waals surface area contributed by atoms with Gasteiger partial charge in [-0.25, -0.2) is 4.79 Å². The van der Waals surface area contributed by atoms with Gasteiger partial charge in [0.25, 0.3) is 0 Å². The van der Waals surface area contributed by atoms with E-state index in [-0.39, 0.29) is 36.5 Å². The summed E-state index contributed by atoms with van der Waals surface area (Å²) in [5, 5.41) is 0. The third kappa shape index (κ3) is 6.24. The number of nitrogens with zero attached hydrogens (tertiary/aromatic N) is 1. The van der Waals surface area contributed by atoms with Gasteiger partial charge >= 0.3 is 11.9 Å². The summed E-state index contributed by atoms with van der Waals surface area (Å²) in [6.07, 6.45) is 3.74. The first kappa shape index (κ1) is 26.1. The predicted octanol–water partition coefficient (Wildman–Crippen LogP) is 6.10. The quantitative estimate of drug-likeness (QED) is 0.316. The van der Waals surface area contributed by atoms with E-state index >= 15 is 0 Å². The van der Waals surface area contributed by atoms with Crippen LogP contribution in [-0.2, 0) is 19.1 Å². The number of carbonyl (C=O) groups is 2. The van der Waals surface area contributed by atoms with Gasteiger partial charge in [0.15, 0.2) is 6.04 Å². The average Bonchev–Trinajstić information content (AvgIpc) is 3.66. The first-order valence-electron chi connectivity index (χ1n) is 13.4. The molecule has 36 heavy (non-hydrogen) atoms. The van der Waals surface area contributed by atoms with E-state index < -0.39 is 6.04 Å². The second-order valence-corrected chi connectivity index (χ2v) is 10.7. The Morgan fingerprint density at radius 1 is 0.917 bits per heavy atom. The summed E-state index contributed by atoms with van der Waals surface area (Å²) in [4.78, 5) is 31.3. The van der Waals surface area contributed by atoms with Gasteiger partial charge in [-0.05, 0) is 43.9 Å².